The van der Waals surface area contributed by atoms with Crippen molar-refractivity contribution in [3.63, 3.8) is 0 Å². The molecule has 0 N–H and O–H groups in total. The second-order valence-corrected chi connectivity index (χ2v) is 8.01. The second kappa shape index (κ2) is 5.44. The summed E-state index contributed by atoms with van der Waals surface area (Å²) in [5, 5.41) is 9.31. The van der Waals surface area contributed by atoms with Crippen molar-refractivity contribution in [2.75, 3.05) is 0 Å². The fourth-order valence-electron chi connectivity index (χ4n) is 5.24. The fraction of sp³-hybridized carbons (Fsp3) is 0.650. The number of carbonyl (C=O) groups excluding carboxylic acids is 2. The van der Waals surface area contributed by atoms with Crippen LogP contribution in [0, 0.1) is 39.9 Å². The van der Waals surface area contributed by atoms with E-state index in [0.717, 1.165) is 24.8 Å². The van der Waals surface area contributed by atoms with Gasteiger partial charge in [0.1, 0.15) is 5.78 Å². The molecule has 0 aromatic rings. The van der Waals surface area contributed by atoms with Crippen molar-refractivity contribution in [1.29, 1.82) is 5.26 Å². The normalized spacial score (nSPS) is 42.3. The Morgan fingerprint density at radius 2 is 2.13 bits per heavy atom. The zero-order valence-electron chi connectivity index (χ0n) is 14.3. The minimum atomic E-state index is -0.400. The number of allylic oxidation sites excluding steroid dienone is 4. The molecule has 3 rings (SSSR count). The van der Waals surface area contributed by atoms with Gasteiger partial charge in [0.05, 0.1) is 6.07 Å². The molecule has 0 heterocycles. The van der Waals surface area contributed by atoms with Gasteiger partial charge in [-0.25, -0.2) is 0 Å². The standard InChI is InChI=1S/C20H25NO2/c1-13(22)19(2)10-7-17-16(18(19)8-11-21)5-4-14-12-15(23)6-9-20(14,17)3/h4-5,12,16-18H,6-10H2,1-3H3/t16-,17+,18?,19-,20+/m1/s1. The Morgan fingerprint density at radius 1 is 1.39 bits per heavy atom. The number of nitriles is 1. The van der Waals surface area contributed by atoms with Gasteiger partial charge in [0.15, 0.2) is 5.78 Å². The summed E-state index contributed by atoms with van der Waals surface area (Å²) in [6, 6.07) is 2.32. The van der Waals surface area contributed by atoms with Crippen LogP contribution in [0.15, 0.2) is 23.8 Å². The molecule has 3 nitrogen and oxygen atoms in total. The molecular formula is C20H25NO2. The lowest BCUT2D eigenvalue weighted by Gasteiger charge is -2.55. The Bertz CT molecular complexity index is 653. The predicted octanol–water partition coefficient (Wildman–Crippen LogP) is 4.00. The average molecular weight is 311 g/mol. The van der Waals surface area contributed by atoms with Crippen LogP contribution in [0.5, 0.6) is 0 Å². The fourth-order valence-corrected chi connectivity index (χ4v) is 5.24. The number of nitrogens with zero attached hydrogens (tertiary/aromatic N) is 1. The van der Waals surface area contributed by atoms with Crippen molar-refractivity contribution in [3.8, 4) is 6.07 Å². The van der Waals surface area contributed by atoms with E-state index in [2.05, 4.69) is 25.1 Å². The van der Waals surface area contributed by atoms with Crippen LogP contribution in [-0.2, 0) is 9.59 Å². The summed E-state index contributed by atoms with van der Waals surface area (Å²) in [7, 11) is 0. The van der Waals surface area contributed by atoms with E-state index in [1.165, 1.54) is 0 Å². The highest BCUT2D eigenvalue weighted by Crippen LogP contribution is 2.60. The maximum Gasteiger partial charge on any atom is 0.156 e. The van der Waals surface area contributed by atoms with Gasteiger partial charge in [-0.2, -0.15) is 5.26 Å². The van der Waals surface area contributed by atoms with Crippen LogP contribution in [0.2, 0.25) is 0 Å². The van der Waals surface area contributed by atoms with Crippen molar-refractivity contribution in [2.45, 2.75) is 52.9 Å². The van der Waals surface area contributed by atoms with E-state index in [9.17, 15) is 14.9 Å². The Kier molecular flexibility index (Phi) is 3.83. The first-order chi connectivity index (χ1) is 10.8. The lowest BCUT2D eigenvalue weighted by molar-refractivity contribution is -0.135. The number of ketones is 2. The molecule has 5 atom stereocenters. The molecule has 1 unspecified atom stereocenters. The van der Waals surface area contributed by atoms with E-state index < -0.39 is 5.41 Å². The molecule has 0 aromatic carbocycles. The maximum atomic E-state index is 12.3. The highest BCUT2D eigenvalue weighted by Gasteiger charge is 2.54. The largest absolute Gasteiger partial charge is 0.299 e. The van der Waals surface area contributed by atoms with Crippen molar-refractivity contribution < 1.29 is 9.59 Å². The number of Topliss-reactive ketones (excluding diaryl/α,β-unsaturated/α-hetero) is 1. The van der Waals surface area contributed by atoms with Crippen molar-refractivity contribution in [3.05, 3.63) is 23.8 Å². The summed E-state index contributed by atoms with van der Waals surface area (Å²) in [6.45, 7) is 5.98. The molecule has 3 aliphatic carbocycles. The van der Waals surface area contributed by atoms with E-state index in [-0.39, 0.29) is 28.8 Å². The highest BCUT2D eigenvalue weighted by atomic mass is 16.1. The summed E-state index contributed by atoms with van der Waals surface area (Å²) in [5.41, 5.74) is 0.764. The van der Waals surface area contributed by atoms with E-state index >= 15 is 0 Å². The monoisotopic (exact) mass is 311 g/mol. The Morgan fingerprint density at radius 3 is 2.78 bits per heavy atom. The smallest absolute Gasteiger partial charge is 0.156 e. The third-order valence-corrected chi connectivity index (χ3v) is 7.02. The minimum absolute atomic E-state index is 0.0130. The molecule has 3 heteroatoms. The third-order valence-electron chi connectivity index (χ3n) is 7.02. The predicted molar refractivity (Wildman–Crippen MR) is 88.3 cm³/mol. The molecule has 3 aliphatic rings. The first kappa shape index (κ1) is 16.2. The average Bonchev–Trinajstić information content (AvgIpc) is 2.50. The second-order valence-electron chi connectivity index (χ2n) is 8.01. The number of fused-ring (bicyclic) bond motifs is 3. The van der Waals surface area contributed by atoms with Gasteiger partial charge in [-0.3, -0.25) is 9.59 Å². The molecule has 0 aliphatic heterocycles. The van der Waals surface area contributed by atoms with Crippen LogP contribution < -0.4 is 0 Å². The van der Waals surface area contributed by atoms with Gasteiger partial charge < -0.3 is 0 Å². The molecule has 0 bridgehead atoms. The van der Waals surface area contributed by atoms with Crippen LogP contribution >= 0.6 is 0 Å². The molecule has 0 spiro atoms. The summed E-state index contributed by atoms with van der Waals surface area (Å²) < 4.78 is 0. The van der Waals surface area contributed by atoms with Gasteiger partial charge in [-0.1, -0.05) is 26.0 Å². The molecule has 0 saturated heterocycles. The minimum Gasteiger partial charge on any atom is -0.299 e. The van der Waals surface area contributed by atoms with Crippen LogP contribution in [-0.4, -0.2) is 11.6 Å². The van der Waals surface area contributed by atoms with Crippen LogP contribution in [0.3, 0.4) is 0 Å². The molecule has 0 aromatic heterocycles. The van der Waals surface area contributed by atoms with Crippen LogP contribution in [0.25, 0.3) is 0 Å². The van der Waals surface area contributed by atoms with Crippen LogP contribution in [0.1, 0.15) is 52.9 Å². The number of hydrogen-bond acceptors (Lipinski definition) is 3. The molecular weight excluding hydrogens is 286 g/mol. The Balaban J connectivity index is 2.05. The Hall–Kier alpha value is -1.69. The topological polar surface area (TPSA) is 57.9 Å². The molecule has 1 saturated carbocycles. The molecule has 0 radical (unpaired) electrons. The molecule has 0 amide bonds. The van der Waals surface area contributed by atoms with E-state index in [1.807, 2.05) is 13.0 Å². The van der Waals surface area contributed by atoms with Crippen LogP contribution in [0.4, 0.5) is 0 Å². The van der Waals surface area contributed by atoms with Gasteiger partial charge in [0, 0.05) is 18.3 Å². The quantitative estimate of drug-likeness (QED) is 0.774. The van der Waals surface area contributed by atoms with E-state index in [1.54, 1.807) is 6.92 Å². The summed E-state index contributed by atoms with van der Waals surface area (Å²) in [6.07, 6.45) is 9.86. The molecule has 122 valence electrons. The number of carbonyl (C=O) groups is 2. The molecule has 1 fully saturated rings. The summed E-state index contributed by atoms with van der Waals surface area (Å²) in [4.78, 5) is 24.1. The van der Waals surface area contributed by atoms with Gasteiger partial charge >= 0.3 is 0 Å². The first-order valence-corrected chi connectivity index (χ1v) is 8.64. The summed E-state index contributed by atoms with van der Waals surface area (Å²) >= 11 is 0. The SMILES string of the molecule is CC(=O)[C@@]1(C)CC[C@H]2[C@@H](C=CC3=CC(=O)CC[C@@]32C)C1CC#N. The molecule has 23 heavy (non-hydrogen) atoms. The van der Waals surface area contributed by atoms with Gasteiger partial charge in [-0.15, -0.1) is 0 Å². The van der Waals surface area contributed by atoms with Gasteiger partial charge in [0.25, 0.3) is 0 Å². The highest BCUT2D eigenvalue weighted by molar-refractivity contribution is 5.92. The maximum absolute atomic E-state index is 12.3. The Labute approximate surface area is 138 Å². The van der Waals surface area contributed by atoms with Gasteiger partial charge in [0.2, 0.25) is 0 Å². The van der Waals surface area contributed by atoms with E-state index in [4.69, 9.17) is 0 Å². The zero-order chi connectivity index (χ0) is 16.8. The van der Waals surface area contributed by atoms with Crippen molar-refractivity contribution in [2.24, 2.45) is 28.6 Å². The number of hydrogen-bond donors (Lipinski definition) is 0. The lowest BCUT2D eigenvalue weighted by atomic mass is 9.48. The zero-order valence-corrected chi connectivity index (χ0v) is 14.3. The summed E-state index contributed by atoms with van der Waals surface area (Å²) in [5.74, 6) is 1.19. The van der Waals surface area contributed by atoms with Crippen molar-refractivity contribution in [1.82, 2.24) is 0 Å². The first-order valence-electron chi connectivity index (χ1n) is 8.64. The lowest BCUT2D eigenvalue weighted by Crippen LogP contribution is -2.51. The van der Waals surface area contributed by atoms with Gasteiger partial charge in [-0.05, 0) is 61.0 Å². The van der Waals surface area contributed by atoms with Crippen molar-refractivity contribution >= 4 is 11.6 Å². The third kappa shape index (κ3) is 2.31. The van der Waals surface area contributed by atoms with E-state index in [0.29, 0.717) is 18.8 Å². The number of rotatable bonds is 2.